The monoisotopic (exact) mass is 243 g/mol. The molecule has 0 amide bonds. The lowest BCUT2D eigenvalue weighted by atomic mass is 10.0. The van der Waals surface area contributed by atoms with Crippen molar-refractivity contribution < 1.29 is 15.0 Å². The number of hydrogen-bond acceptors (Lipinski definition) is 3. The van der Waals surface area contributed by atoms with Gasteiger partial charge in [0.1, 0.15) is 11.3 Å². The van der Waals surface area contributed by atoms with Gasteiger partial charge in [-0.2, -0.15) is 0 Å². The normalized spacial score (nSPS) is 19.1. The van der Waals surface area contributed by atoms with Gasteiger partial charge in [0.2, 0.25) is 0 Å². The summed E-state index contributed by atoms with van der Waals surface area (Å²) < 4.78 is 0. The van der Waals surface area contributed by atoms with E-state index in [1.54, 1.807) is 12.1 Å². The SMILES string of the molecule is Cl.O=C(O)c1cc([C@H]2CCCN2)ccc1O. The van der Waals surface area contributed by atoms with E-state index in [9.17, 15) is 9.90 Å². The van der Waals surface area contributed by atoms with Gasteiger partial charge < -0.3 is 15.5 Å². The predicted molar refractivity (Wildman–Crippen MR) is 62.3 cm³/mol. The van der Waals surface area contributed by atoms with Crippen molar-refractivity contribution in [2.24, 2.45) is 0 Å². The minimum atomic E-state index is -1.09. The van der Waals surface area contributed by atoms with Gasteiger partial charge in [-0.25, -0.2) is 4.79 Å². The standard InChI is InChI=1S/C11H13NO3.ClH/c13-10-4-3-7(6-8(10)11(14)15)9-2-1-5-12-9;/h3-4,6,9,12-13H,1-2,5H2,(H,14,15);1H/t9-;/m1./s1. The highest BCUT2D eigenvalue weighted by molar-refractivity contribution is 5.90. The first kappa shape index (κ1) is 12.8. The summed E-state index contributed by atoms with van der Waals surface area (Å²) in [7, 11) is 0. The lowest BCUT2D eigenvalue weighted by molar-refractivity contribution is 0.0693. The highest BCUT2D eigenvalue weighted by Crippen LogP contribution is 2.27. The Morgan fingerprint density at radius 1 is 1.44 bits per heavy atom. The quantitative estimate of drug-likeness (QED) is 0.743. The van der Waals surface area contributed by atoms with Crippen LogP contribution in [0.15, 0.2) is 18.2 Å². The molecule has 0 aromatic heterocycles. The third kappa shape index (κ3) is 2.46. The molecule has 1 aromatic rings. The molecule has 0 aliphatic carbocycles. The van der Waals surface area contributed by atoms with Gasteiger partial charge in [-0.15, -0.1) is 12.4 Å². The molecule has 2 rings (SSSR count). The molecule has 1 aliphatic heterocycles. The molecule has 1 heterocycles. The summed E-state index contributed by atoms with van der Waals surface area (Å²) in [4.78, 5) is 10.8. The van der Waals surface area contributed by atoms with Crippen molar-refractivity contribution in [3.05, 3.63) is 29.3 Å². The minimum Gasteiger partial charge on any atom is -0.507 e. The topological polar surface area (TPSA) is 69.6 Å². The lowest BCUT2D eigenvalue weighted by Gasteiger charge is -2.11. The molecule has 4 nitrogen and oxygen atoms in total. The molecule has 5 heteroatoms. The van der Waals surface area contributed by atoms with Crippen LogP contribution in [0, 0.1) is 0 Å². The second-order valence-electron chi connectivity index (χ2n) is 3.73. The van der Waals surface area contributed by atoms with Crippen LogP contribution in [-0.4, -0.2) is 22.7 Å². The maximum absolute atomic E-state index is 10.8. The van der Waals surface area contributed by atoms with Gasteiger partial charge in [0.05, 0.1) is 0 Å². The molecule has 0 spiro atoms. The van der Waals surface area contributed by atoms with Crippen molar-refractivity contribution in [1.29, 1.82) is 0 Å². The Hall–Kier alpha value is -1.26. The Morgan fingerprint density at radius 2 is 2.19 bits per heavy atom. The van der Waals surface area contributed by atoms with Gasteiger partial charge >= 0.3 is 5.97 Å². The molecule has 88 valence electrons. The number of carboxylic acids is 1. The minimum absolute atomic E-state index is 0. The Labute approximate surface area is 99.7 Å². The van der Waals surface area contributed by atoms with Crippen molar-refractivity contribution in [2.75, 3.05) is 6.54 Å². The van der Waals surface area contributed by atoms with Crippen LogP contribution in [-0.2, 0) is 0 Å². The molecule has 0 radical (unpaired) electrons. The first-order valence-corrected chi connectivity index (χ1v) is 4.98. The average Bonchev–Trinajstić information content (AvgIpc) is 2.71. The highest BCUT2D eigenvalue weighted by atomic mass is 35.5. The number of rotatable bonds is 2. The molecule has 1 saturated heterocycles. The molecule has 0 bridgehead atoms. The fourth-order valence-corrected chi connectivity index (χ4v) is 1.91. The summed E-state index contributed by atoms with van der Waals surface area (Å²) in [6.45, 7) is 0.966. The lowest BCUT2D eigenvalue weighted by Crippen LogP contribution is -2.13. The maximum atomic E-state index is 10.8. The van der Waals surface area contributed by atoms with Crippen LogP contribution in [0.1, 0.15) is 34.8 Å². The third-order valence-corrected chi connectivity index (χ3v) is 2.71. The van der Waals surface area contributed by atoms with Gasteiger partial charge in [-0.05, 0) is 37.1 Å². The second kappa shape index (κ2) is 5.18. The van der Waals surface area contributed by atoms with E-state index in [1.165, 1.54) is 6.07 Å². The number of hydrogen-bond donors (Lipinski definition) is 3. The summed E-state index contributed by atoms with van der Waals surface area (Å²) in [5, 5.41) is 21.5. The van der Waals surface area contributed by atoms with E-state index >= 15 is 0 Å². The first-order chi connectivity index (χ1) is 7.18. The number of benzene rings is 1. The first-order valence-electron chi connectivity index (χ1n) is 4.98. The van der Waals surface area contributed by atoms with Crippen molar-refractivity contribution in [1.82, 2.24) is 5.32 Å². The van der Waals surface area contributed by atoms with Gasteiger partial charge in [-0.3, -0.25) is 0 Å². The second-order valence-corrected chi connectivity index (χ2v) is 3.73. The summed E-state index contributed by atoms with van der Waals surface area (Å²) >= 11 is 0. The Bertz CT molecular complexity index is 389. The molecule has 1 fully saturated rings. The van der Waals surface area contributed by atoms with Crippen LogP contribution >= 0.6 is 12.4 Å². The van der Waals surface area contributed by atoms with Gasteiger partial charge in [0.25, 0.3) is 0 Å². The van der Waals surface area contributed by atoms with Crippen LogP contribution < -0.4 is 5.32 Å². The number of phenols is 1. The van der Waals surface area contributed by atoms with Crippen molar-refractivity contribution in [2.45, 2.75) is 18.9 Å². The van der Waals surface area contributed by atoms with Crippen molar-refractivity contribution >= 4 is 18.4 Å². The zero-order chi connectivity index (χ0) is 10.8. The van der Waals surface area contributed by atoms with E-state index in [4.69, 9.17) is 5.11 Å². The van der Waals surface area contributed by atoms with E-state index in [-0.39, 0.29) is 29.8 Å². The van der Waals surface area contributed by atoms with E-state index in [1.807, 2.05) is 0 Å². The number of nitrogens with one attached hydrogen (secondary N) is 1. The summed E-state index contributed by atoms with van der Waals surface area (Å²) in [6, 6.07) is 4.98. The number of aromatic hydroxyl groups is 1. The largest absolute Gasteiger partial charge is 0.507 e. The number of carboxylic acid groups (broad SMARTS) is 1. The molecule has 16 heavy (non-hydrogen) atoms. The van der Waals surface area contributed by atoms with Gasteiger partial charge in [0.15, 0.2) is 0 Å². The Kier molecular flexibility index (Phi) is 4.15. The fraction of sp³-hybridized carbons (Fsp3) is 0.364. The molecule has 0 unspecified atom stereocenters. The smallest absolute Gasteiger partial charge is 0.339 e. The molecular weight excluding hydrogens is 230 g/mol. The summed E-state index contributed by atoms with van der Waals surface area (Å²) in [5.41, 5.74) is 0.906. The Balaban J connectivity index is 0.00000128. The molecule has 0 saturated carbocycles. The molecule has 1 atom stereocenters. The zero-order valence-electron chi connectivity index (χ0n) is 8.64. The highest BCUT2D eigenvalue weighted by Gasteiger charge is 2.18. The van der Waals surface area contributed by atoms with Crippen molar-refractivity contribution in [3.8, 4) is 5.75 Å². The summed E-state index contributed by atoms with van der Waals surface area (Å²) in [5.74, 6) is -1.27. The Morgan fingerprint density at radius 3 is 2.75 bits per heavy atom. The predicted octanol–water partition coefficient (Wildman–Crippen LogP) is 1.94. The van der Waals surface area contributed by atoms with E-state index < -0.39 is 5.97 Å². The molecular formula is C11H14ClNO3. The molecule has 3 N–H and O–H groups in total. The molecule has 1 aliphatic rings. The number of halogens is 1. The van der Waals surface area contributed by atoms with Crippen LogP contribution in [0.5, 0.6) is 5.75 Å². The third-order valence-electron chi connectivity index (χ3n) is 2.71. The van der Waals surface area contributed by atoms with E-state index in [0.29, 0.717) is 0 Å². The number of carbonyl (C=O) groups is 1. The van der Waals surface area contributed by atoms with Crippen LogP contribution in [0.25, 0.3) is 0 Å². The van der Waals surface area contributed by atoms with Gasteiger partial charge in [0, 0.05) is 6.04 Å². The van der Waals surface area contributed by atoms with Gasteiger partial charge in [-0.1, -0.05) is 6.07 Å². The van der Waals surface area contributed by atoms with Crippen LogP contribution in [0.3, 0.4) is 0 Å². The van der Waals surface area contributed by atoms with E-state index in [2.05, 4.69) is 5.32 Å². The summed E-state index contributed by atoms with van der Waals surface area (Å²) in [6.07, 6.45) is 2.12. The fourth-order valence-electron chi connectivity index (χ4n) is 1.91. The zero-order valence-corrected chi connectivity index (χ0v) is 9.46. The van der Waals surface area contributed by atoms with Crippen LogP contribution in [0.2, 0.25) is 0 Å². The maximum Gasteiger partial charge on any atom is 0.339 e. The van der Waals surface area contributed by atoms with E-state index in [0.717, 1.165) is 24.9 Å². The molecule has 1 aromatic carbocycles. The number of aromatic carboxylic acids is 1. The average molecular weight is 244 g/mol. The van der Waals surface area contributed by atoms with Crippen molar-refractivity contribution in [3.63, 3.8) is 0 Å². The van der Waals surface area contributed by atoms with Crippen LogP contribution in [0.4, 0.5) is 0 Å².